The van der Waals surface area contributed by atoms with Gasteiger partial charge in [-0.25, -0.2) is 15.0 Å². The van der Waals surface area contributed by atoms with E-state index in [2.05, 4.69) is 41.8 Å². The Morgan fingerprint density at radius 2 is 2.09 bits per heavy atom. The van der Waals surface area contributed by atoms with E-state index < -0.39 is 4.92 Å². The molecule has 168 valence electrons. The monoisotopic (exact) mass is 477 g/mol. The van der Waals surface area contributed by atoms with Gasteiger partial charge in [-0.2, -0.15) is 5.26 Å². The molecule has 3 aromatic rings. The number of rotatable bonds is 5. The first-order valence-corrected chi connectivity index (χ1v) is 12.2. The van der Waals surface area contributed by atoms with Crippen molar-refractivity contribution in [2.24, 2.45) is 16.3 Å². The molecule has 0 saturated carbocycles. The Balaban J connectivity index is 1.61. The number of nitrogens with zero attached hydrogens (tertiary/aromatic N) is 5. The molecule has 0 N–H and O–H groups in total. The Morgan fingerprint density at radius 1 is 1.33 bits per heavy atom. The van der Waals surface area contributed by atoms with Gasteiger partial charge in [0.1, 0.15) is 11.1 Å². The Morgan fingerprint density at radius 3 is 2.76 bits per heavy atom. The normalized spacial score (nSPS) is 15.9. The van der Waals surface area contributed by atoms with Crippen LogP contribution in [-0.2, 0) is 12.8 Å². The molecule has 0 unspecified atom stereocenters. The zero-order valence-corrected chi connectivity index (χ0v) is 20.2. The number of nitro groups is 1. The van der Waals surface area contributed by atoms with Gasteiger partial charge in [0.15, 0.2) is 5.16 Å². The molecule has 4 rings (SSSR count). The second-order valence-corrected chi connectivity index (χ2v) is 11.1. The van der Waals surface area contributed by atoms with Gasteiger partial charge >= 0.3 is 0 Å². The van der Waals surface area contributed by atoms with Crippen LogP contribution in [0.5, 0.6) is 0 Å². The number of fused-ring (bicyclic) bond motifs is 1. The van der Waals surface area contributed by atoms with Crippen LogP contribution in [0, 0.1) is 32.8 Å². The van der Waals surface area contributed by atoms with Crippen molar-refractivity contribution in [1.82, 2.24) is 9.97 Å². The van der Waals surface area contributed by atoms with Crippen LogP contribution in [-0.4, -0.2) is 21.1 Å². The summed E-state index contributed by atoms with van der Waals surface area (Å²) in [4.78, 5) is 25.7. The van der Waals surface area contributed by atoms with Crippen molar-refractivity contribution in [2.45, 2.75) is 50.1 Å². The van der Waals surface area contributed by atoms with E-state index in [4.69, 9.17) is 0 Å². The summed E-state index contributed by atoms with van der Waals surface area (Å²) in [6.07, 6.45) is 7.72. The number of thiophene rings is 1. The quantitative estimate of drug-likeness (QED) is 0.183. The third kappa shape index (κ3) is 5.13. The molecule has 9 heteroatoms. The SMILES string of the molecule is CC(C)(C)[C@@H]1CCc2c(sc(N=Cc3ccc(Sc4ncccn4)c([N+](=O)[O-])c3)c2C#N)C1. The Labute approximate surface area is 200 Å². The fourth-order valence-corrected chi connectivity index (χ4v) is 5.95. The van der Waals surface area contributed by atoms with Gasteiger partial charge in [-0.05, 0) is 65.6 Å². The van der Waals surface area contributed by atoms with Crippen LogP contribution >= 0.6 is 23.1 Å². The summed E-state index contributed by atoms with van der Waals surface area (Å²) in [6.45, 7) is 6.79. The maximum absolute atomic E-state index is 11.6. The van der Waals surface area contributed by atoms with E-state index in [0.717, 1.165) is 36.6 Å². The van der Waals surface area contributed by atoms with Crippen LogP contribution in [0.15, 0.2) is 51.7 Å². The molecule has 0 aliphatic heterocycles. The average molecular weight is 478 g/mol. The molecule has 0 saturated heterocycles. The summed E-state index contributed by atoms with van der Waals surface area (Å²) in [7, 11) is 0. The number of hydrogen-bond acceptors (Lipinski definition) is 8. The smallest absolute Gasteiger partial charge is 0.258 e. The zero-order chi connectivity index (χ0) is 23.6. The molecule has 1 aliphatic rings. The lowest BCUT2D eigenvalue weighted by molar-refractivity contribution is -0.387. The minimum Gasteiger partial charge on any atom is -0.258 e. The molecular formula is C24H23N5O2S2. The van der Waals surface area contributed by atoms with Crippen molar-refractivity contribution in [3.05, 3.63) is 68.3 Å². The third-order valence-electron chi connectivity index (χ3n) is 5.84. The van der Waals surface area contributed by atoms with Gasteiger partial charge < -0.3 is 0 Å². The van der Waals surface area contributed by atoms with Gasteiger partial charge in [0, 0.05) is 29.6 Å². The first kappa shape index (κ1) is 23.1. The number of nitro benzene ring substituents is 1. The van der Waals surface area contributed by atoms with Crippen molar-refractivity contribution in [3.63, 3.8) is 0 Å². The Bertz CT molecular complexity index is 1260. The average Bonchev–Trinajstić information content (AvgIpc) is 3.15. The second-order valence-electron chi connectivity index (χ2n) is 8.98. The molecule has 0 fully saturated rings. The van der Waals surface area contributed by atoms with Crippen LogP contribution < -0.4 is 0 Å². The first-order valence-electron chi connectivity index (χ1n) is 10.6. The van der Waals surface area contributed by atoms with Crippen LogP contribution in [0.1, 0.15) is 48.8 Å². The molecule has 2 aromatic heterocycles. The summed E-state index contributed by atoms with van der Waals surface area (Å²) in [5.41, 5.74) is 2.55. The molecule has 1 atom stereocenters. The second kappa shape index (κ2) is 9.41. The van der Waals surface area contributed by atoms with Crippen molar-refractivity contribution < 1.29 is 4.92 Å². The molecule has 1 aromatic carbocycles. The Kier molecular flexibility index (Phi) is 6.58. The summed E-state index contributed by atoms with van der Waals surface area (Å²) in [6, 6.07) is 8.97. The molecule has 0 bridgehead atoms. The summed E-state index contributed by atoms with van der Waals surface area (Å²) >= 11 is 2.71. The van der Waals surface area contributed by atoms with Gasteiger partial charge in [0.2, 0.25) is 0 Å². The van der Waals surface area contributed by atoms with E-state index in [1.807, 2.05) is 0 Å². The fourth-order valence-electron chi connectivity index (χ4n) is 3.93. The maximum atomic E-state index is 11.6. The number of nitriles is 1. The molecule has 0 spiro atoms. The Hall–Kier alpha value is -3.09. The minimum absolute atomic E-state index is 0.0320. The molecule has 1 aliphatic carbocycles. The summed E-state index contributed by atoms with van der Waals surface area (Å²) in [5.74, 6) is 0.577. The predicted octanol–water partition coefficient (Wildman–Crippen LogP) is 6.37. The fraction of sp³-hybridized carbons (Fsp3) is 0.333. The highest BCUT2D eigenvalue weighted by Crippen LogP contribution is 2.45. The highest BCUT2D eigenvalue weighted by molar-refractivity contribution is 7.99. The molecular weight excluding hydrogens is 454 g/mol. The van der Waals surface area contributed by atoms with E-state index in [-0.39, 0.29) is 11.1 Å². The third-order valence-corrected chi connectivity index (χ3v) is 7.96. The van der Waals surface area contributed by atoms with Crippen LogP contribution in [0.2, 0.25) is 0 Å². The van der Waals surface area contributed by atoms with Crippen molar-refractivity contribution in [2.75, 3.05) is 0 Å². The number of aromatic nitrogens is 2. The van der Waals surface area contributed by atoms with Gasteiger partial charge in [-0.1, -0.05) is 26.8 Å². The van der Waals surface area contributed by atoms with Crippen LogP contribution in [0.25, 0.3) is 0 Å². The highest BCUT2D eigenvalue weighted by Gasteiger charge is 2.32. The minimum atomic E-state index is -0.417. The maximum Gasteiger partial charge on any atom is 0.283 e. The number of hydrogen-bond donors (Lipinski definition) is 0. The lowest BCUT2D eigenvalue weighted by Crippen LogP contribution is -2.26. The number of benzene rings is 1. The molecule has 0 amide bonds. The lowest BCUT2D eigenvalue weighted by Gasteiger charge is -2.33. The van der Waals surface area contributed by atoms with E-state index >= 15 is 0 Å². The summed E-state index contributed by atoms with van der Waals surface area (Å²) in [5, 5.41) is 22.5. The van der Waals surface area contributed by atoms with Gasteiger partial charge in [0.05, 0.1) is 15.4 Å². The van der Waals surface area contributed by atoms with Crippen LogP contribution in [0.3, 0.4) is 0 Å². The van der Waals surface area contributed by atoms with Crippen LogP contribution in [0.4, 0.5) is 10.7 Å². The standard InChI is InChI=1S/C24H23N5O2S2/c1-24(2,3)16-6-7-17-18(13-25)22(32-21(17)12-16)28-14-15-5-8-20(19(11-15)29(30)31)33-23-26-9-4-10-27-23/h4-5,8-11,14,16H,6-7,12H2,1-3H3/t16-/m1/s1. The van der Waals surface area contributed by atoms with Crippen molar-refractivity contribution in [3.8, 4) is 6.07 Å². The first-order chi connectivity index (χ1) is 15.8. The van der Waals surface area contributed by atoms with E-state index in [1.165, 1.54) is 10.9 Å². The van der Waals surface area contributed by atoms with Gasteiger partial charge in [0.25, 0.3) is 5.69 Å². The summed E-state index contributed by atoms with van der Waals surface area (Å²) < 4.78 is 0. The largest absolute Gasteiger partial charge is 0.283 e. The molecule has 0 radical (unpaired) electrons. The van der Waals surface area contributed by atoms with E-state index in [9.17, 15) is 15.4 Å². The highest BCUT2D eigenvalue weighted by atomic mass is 32.2. The predicted molar refractivity (Wildman–Crippen MR) is 131 cm³/mol. The van der Waals surface area contributed by atoms with Crippen molar-refractivity contribution >= 4 is 40.0 Å². The molecule has 33 heavy (non-hydrogen) atoms. The lowest BCUT2D eigenvalue weighted by atomic mass is 9.72. The van der Waals surface area contributed by atoms with Gasteiger partial charge in [-0.15, -0.1) is 11.3 Å². The topological polar surface area (TPSA) is 105 Å². The van der Waals surface area contributed by atoms with Gasteiger partial charge in [-0.3, -0.25) is 10.1 Å². The molecule has 7 nitrogen and oxygen atoms in total. The molecule has 2 heterocycles. The van der Waals surface area contributed by atoms with Crippen molar-refractivity contribution in [1.29, 1.82) is 5.26 Å². The zero-order valence-electron chi connectivity index (χ0n) is 18.6. The number of aliphatic imine (C=N–C) groups is 1. The van der Waals surface area contributed by atoms with E-state index in [0.29, 0.717) is 32.1 Å². The van der Waals surface area contributed by atoms with E-state index in [1.54, 1.807) is 48.1 Å².